The normalized spacial score (nSPS) is 46.6. The van der Waals surface area contributed by atoms with Gasteiger partial charge in [0, 0.05) is 5.92 Å². The van der Waals surface area contributed by atoms with Gasteiger partial charge in [-0.05, 0) is 91.3 Å². The van der Waals surface area contributed by atoms with Gasteiger partial charge in [-0.2, -0.15) is 15.0 Å². The van der Waals surface area contributed by atoms with E-state index in [2.05, 4.69) is 37.9 Å². The molecule has 28 heavy (non-hydrogen) atoms. The SMILES string of the molecule is CC1(C)CC[C@H]2[C@H](CC[C@H]3[C@@H]4C[C@H](C(=O)Cn5nccn5)[C@@]4(C)CC[C@]23C)C1. The first-order chi connectivity index (χ1) is 13.2. The minimum absolute atomic E-state index is 0.217. The van der Waals surface area contributed by atoms with Gasteiger partial charge < -0.3 is 0 Å². The smallest absolute Gasteiger partial charge is 0.159 e. The predicted octanol–water partition coefficient (Wildman–Crippen LogP) is 5.14. The molecule has 1 aromatic rings. The van der Waals surface area contributed by atoms with Gasteiger partial charge in [0.25, 0.3) is 0 Å². The number of nitrogens with zero attached hydrogens (tertiary/aromatic N) is 3. The van der Waals surface area contributed by atoms with Crippen LogP contribution in [0, 0.1) is 45.8 Å². The number of hydrogen-bond donors (Lipinski definition) is 0. The Bertz CT molecular complexity index is 756. The number of carbonyl (C=O) groups is 1. The number of aromatic nitrogens is 3. The molecule has 4 heteroatoms. The standard InChI is InChI=1S/C24H37N3O/c1-22(2)8-7-17-16(14-22)5-6-18-19-13-20(21(28)15-27-25-11-12-26-27)24(19,4)10-9-23(17,18)3/h11-12,16-20H,5-10,13-15H2,1-4H3/t16-,17+,18+,19+,20-,23-,24+/m1/s1. The second kappa shape index (κ2) is 6.15. The van der Waals surface area contributed by atoms with Crippen LogP contribution in [0.4, 0.5) is 0 Å². The highest BCUT2D eigenvalue weighted by Crippen LogP contribution is 2.71. The number of hydrogen-bond acceptors (Lipinski definition) is 3. The summed E-state index contributed by atoms with van der Waals surface area (Å²) < 4.78 is 0. The maximum atomic E-state index is 13.0. The molecule has 4 nitrogen and oxygen atoms in total. The first-order valence-corrected chi connectivity index (χ1v) is 11.6. The Morgan fingerprint density at radius 2 is 1.64 bits per heavy atom. The molecule has 7 atom stereocenters. The zero-order valence-corrected chi connectivity index (χ0v) is 18.2. The summed E-state index contributed by atoms with van der Waals surface area (Å²) in [5, 5.41) is 8.28. The Labute approximate surface area is 169 Å². The van der Waals surface area contributed by atoms with E-state index in [1.54, 1.807) is 17.2 Å². The lowest BCUT2D eigenvalue weighted by molar-refractivity contribution is -0.202. The van der Waals surface area contributed by atoms with Gasteiger partial charge in [-0.1, -0.05) is 27.7 Å². The molecular weight excluding hydrogens is 346 g/mol. The van der Waals surface area contributed by atoms with E-state index in [1.165, 1.54) is 44.9 Å². The minimum Gasteiger partial charge on any atom is -0.297 e. The molecular formula is C24H37N3O. The van der Waals surface area contributed by atoms with Crippen molar-refractivity contribution in [1.29, 1.82) is 0 Å². The van der Waals surface area contributed by atoms with Crippen molar-refractivity contribution in [3.05, 3.63) is 12.4 Å². The van der Waals surface area contributed by atoms with E-state index >= 15 is 0 Å². The van der Waals surface area contributed by atoms with Crippen molar-refractivity contribution in [2.24, 2.45) is 45.8 Å². The van der Waals surface area contributed by atoms with Crippen LogP contribution in [0.15, 0.2) is 12.4 Å². The first-order valence-electron chi connectivity index (χ1n) is 11.6. The van der Waals surface area contributed by atoms with Crippen LogP contribution in [-0.2, 0) is 11.3 Å². The molecule has 4 aliphatic rings. The lowest BCUT2D eigenvalue weighted by Gasteiger charge is -2.69. The average Bonchev–Trinajstić information content (AvgIpc) is 3.12. The van der Waals surface area contributed by atoms with Gasteiger partial charge >= 0.3 is 0 Å². The third-order valence-corrected chi connectivity index (χ3v) is 10.0. The van der Waals surface area contributed by atoms with Crippen molar-refractivity contribution >= 4 is 5.78 Å². The third-order valence-electron chi connectivity index (χ3n) is 10.0. The van der Waals surface area contributed by atoms with Crippen LogP contribution in [0.2, 0.25) is 0 Å². The minimum atomic E-state index is 0.217. The molecule has 0 bridgehead atoms. The second-order valence-electron chi connectivity index (χ2n) is 11.9. The van der Waals surface area contributed by atoms with Crippen LogP contribution >= 0.6 is 0 Å². The maximum absolute atomic E-state index is 13.0. The van der Waals surface area contributed by atoms with Crippen LogP contribution in [0.25, 0.3) is 0 Å². The molecule has 0 aromatic carbocycles. The highest BCUT2D eigenvalue weighted by Gasteiger charge is 2.65. The van der Waals surface area contributed by atoms with Crippen LogP contribution in [0.5, 0.6) is 0 Å². The summed E-state index contributed by atoms with van der Waals surface area (Å²) in [7, 11) is 0. The van der Waals surface area contributed by atoms with Gasteiger partial charge in [-0.15, -0.1) is 0 Å². The highest BCUT2D eigenvalue weighted by atomic mass is 16.1. The Kier molecular flexibility index (Phi) is 4.13. The molecule has 154 valence electrons. The Morgan fingerprint density at radius 3 is 2.39 bits per heavy atom. The number of Topliss-reactive ketones (excluding diaryl/α,β-unsaturated/α-hetero) is 1. The molecule has 5 rings (SSSR count). The fourth-order valence-electron chi connectivity index (χ4n) is 8.42. The van der Waals surface area contributed by atoms with E-state index in [9.17, 15) is 4.79 Å². The van der Waals surface area contributed by atoms with Gasteiger partial charge in [0.2, 0.25) is 0 Å². The molecule has 4 fully saturated rings. The fourth-order valence-corrected chi connectivity index (χ4v) is 8.42. The number of carbonyl (C=O) groups excluding carboxylic acids is 1. The molecule has 4 saturated carbocycles. The summed E-state index contributed by atoms with van der Waals surface area (Å²) in [6.45, 7) is 10.4. The molecule has 0 radical (unpaired) electrons. The molecule has 0 amide bonds. The lowest BCUT2D eigenvalue weighted by Crippen LogP contribution is -2.63. The van der Waals surface area contributed by atoms with Gasteiger partial charge in [0.15, 0.2) is 5.78 Å². The van der Waals surface area contributed by atoms with Gasteiger partial charge in [-0.3, -0.25) is 4.79 Å². The maximum Gasteiger partial charge on any atom is 0.159 e. The molecule has 0 N–H and O–H groups in total. The van der Waals surface area contributed by atoms with Gasteiger partial charge in [0.1, 0.15) is 6.54 Å². The number of ketones is 1. The van der Waals surface area contributed by atoms with E-state index in [-0.39, 0.29) is 11.3 Å². The van der Waals surface area contributed by atoms with Crippen LogP contribution < -0.4 is 0 Å². The average molecular weight is 384 g/mol. The van der Waals surface area contributed by atoms with E-state index in [4.69, 9.17) is 0 Å². The van der Waals surface area contributed by atoms with Crippen molar-refractivity contribution in [2.45, 2.75) is 85.6 Å². The topological polar surface area (TPSA) is 47.8 Å². The first kappa shape index (κ1) is 18.8. The van der Waals surface area contributed by atoms with E-state index in [1.807, 2.05) is 0 Å². The predicted molar refractivity (Wildman–Crippen MR) is 109 cm³/mol. The van der Waals surface area contributed by atoms with Crippen molar-refractivity contribution in [1.82, 2.24) is 15.0 Å². The zero-order valence-electron chi connectivity index (χ0n) is 18.2. The molecule has 0 unspecified atom stereocenters. The summed E-state index contributed by atoms with van der Waals surface area (Å²) >= 11 is 0. The second-order valence-corrected chi connectivity index (χ2v) is 11.9. The van der Waals surface area contributed by atoms with Crippen molar-refractivity contribution in [3.8, 4) is 0 Å². The Hall–Kier alpha value is -1.19. The van der Waals surface area contributed by atoms with Crippen LogP contribution in [0.1, 0.15) is 79.1 Å². The largest absolute Gasteiger partial charge is 0.297 e. The van der Waals surface area contributed by atoms with Crippen molar-refractivity contribution in [2.75, 3.05) is 0 Å². The van der Waals surface area contributed by atoms with E-state index in [0.29, 0.717) is 23.2 Å². The molecule has 0 spiro atoms. The molecule has 1 heterocycles. The fraction of sp³-hybridized carbons (Fsp3) is 0.875. The molecule has 0 aliphatic heterocycles. The quantitative estimate of drug-likeness (QED) is 0.726. The zero-order chi connectivity index (χ0) is 19.7. The highest BCUT2D eigenvalue weighted by molar-refractivity contribution is 5.82. The van der Waals surface area contributed by atoms with E-state index in [0.717, 1.165) is 30.1 Å². The lowest BCUT2D eigenvalue weighted by atomic mass is 9.36. The summed E-state index contributed by atoms with van der Waals surface area (Å²) in [5.41, 5.74) is 1.28. The third kappa shape index (κ3) is 2.65. The molecule has 4 aliphatic carbocycles. The van der Waals surface area contributed by atoms with Crippen LogP contribution in [-0.4, -0.2) is 20.8 Å². The van der Waals surface area contributed by atoms with Crippen molar-refractivity contribution < 1.29 is 4.79 Å². The molecule has 1 aromatic heterocycles. The van der Waals surface area contributed by atoms with E-state index < -0.39 is 0 Å². The summed E-state index contributed by atoms with van der Waals surface area (Å²) in [6, 6.07) is 0. The number of rotatable bonds is 3. The summed E-state index contributed by atoms with van der Waals surface area (Å²) in [6.07, 6.45) is 14.1. The van der Waals surface area contributed by atoms with Gasteiger partial charge in [-0.25, -0.2) is 0 Å². The Balaban J connectivity index is 1.32. The summed E-state index contributed by atoms with van der Waals surface area (Å²) in [5.74, 6) is 4.02. The summed E-state index contributed by atoms with van der Waals surface area (Å²) in [4.78, 5) is 14.5. The van der Waals surface area contributed by atoms with Crippen molar-refractivity contribution in [3.63, 3.8) is 0 Å². The number of fused-ring (bicyclic) bond motifs is 5. The van der Waals surface area contributed by atoms with Crippen LogP contribution in [0.3, 0.4) is 0 Å². The molecule has 0 saturated heterocycles. The monoisotopic (exact) mass is 383 g/mol. The van der Waals surface area contributed by atoms with Gasteiger partial charge in [0.05, 0.1) is 12.4 Å². The Morgan fingerprint density at radius 1 is 0.929 bits per heavy atom.